The lowest BCUT2D eigenvalue weighted by molar-refractivity contribution is -0.174. The van der Waals surface area contributed by atoms with Gasteiger partial charge in [-0.15, -0.1) is 0 Å². The van der Waals surface area contributed by atoms with Crippen molar-refractivity contribution in [2.75, 3.05) is 19.7 Å². The zero-order valence-corrected chi connectivity index (χ0v) is 23.0. The molecule has 4 atom stereocenters. The van der Waals surface area contributed by atoms with Crippen molar-refractivity contribution in [1.29, 1.82) is 0 Å². The van der Waals surface area contributed by atoms with Crippen molar-refractivity contribution in [3.05, 3.63) is 59.4 Å². The number of carbonyl (C=O) groups excluding carboxylic acids is 4. The molecule has 0 spiro atoms. The Morgan fingerprint density at radius 2 is 1.88 bits per heavy atom. The highest BCUT2D eigenvalue weighted by molar-refractivity contribution is 5.92. The van der Waals surface area contributed by atoms with Crippen LogP contribution in [-0.4, -0.2) is 77.8 Å². The van der Waals surface area contributed by atoms with E-state index in [2.05, 4.69) is 10.3 Å². The number of aryl methyl sites for hydroxylation is 1. The van der Waals surface area contributed by atoms with E-state index >= 15 is 0 Å². The summed E-state index contributed by atoms with van der Waals surface area (Å²) in [7, 11) is 0. The number of hydrogen-bond donors (Lipinski definition) is 2. The second-order valence-electron chi connectivity index (χ2n) is 10.2. The fourth-order valence-corrected chi connectivity index (χ4v) is 4.61. The summed E-state index contributed by atoms with van der Waals surface area (Å²) in [5.74, 6) is -2.82. The van der Waals surface area contributed by atoms with Gasteiger partial charge in [0.15, 0.2) is 0 Å². The van der Waals surface area contributed by atoms with Gasteiger partial charge in [-0.2, -0.15) is 13.2 Å². The average Bonchev–Trinajstić information content (AvgIpc) is 3.36. The number of piperidine rings is 1. The van der Waals surface area contributed by atoms with Gasteiger partial charge in [0, 0.05) is 19.1 Å². The average molecular weight is 593 g/mol. The number of hydrogen-bond acceptors (Lipinski definition) is 8. The van der Waals surface area contributed by atoms with Crippen molar-refractivity contribution in [3.8, 4) is 5.75 Å². The van der Waals surface area contributed by atoms with Crippen LogP contribution >= 0.6 is 0 Å². The second-order valence-corrected chi connectivity index (χ2v) is 10.2. The van der Waals surface area contributed by atoms with Crippen LogP contribution in [0.1, 0.15) is 53.9 Å². The molecular weight excluding hydrogens is 561 g/mol. The van der Waals surface area contributed by atoms with E-state index in [1.165, 1.54) is 30.2 Å². The molecule has 1 aromatic carbocycles. The number of alkyl halides is 3. The van der Waals surface area contributed by atoms with Gasteiger partial charge in [0.2, 0.25) is 0 Å². The molecule has 14 heteroatoms. The van der Waals surface area contributed by atoms with Crippen LogP contribution in [0, 0.1) is 6.92 Å². The van der Waals surface area contributed by atoms with Crippen molar-refractivity contribution in [2.24, 2.45) is 0 Å². The minimum absolute atomic E-state index is 0.0119. The highest BCUT2D eigenvalue weighted by Gasteiger charge is 2.40. The van der Waals surface area contributed by atoms with Crippen molar-refractivity contribution in [1.82, 2.24) is 20.5 Å². The zero-order valence-electron chi connectivity index (χ0n) is 23.0. The number of amides is 3. The lowest BCUT2D eigenvalue weighted by atomic mass is 10.0. The van der Waals surface area contributed by atoms with E-state index in [-0.39, 0.29) is 37.1 Å². The summed E-state index contributed by atoms with van der Waals surface area (Å²) >= 11 is 0. The molecule has 1 aromatic heterocycles. The van der Waals surface area contributed by atoms with Gasteiger partial charge < -0.3 is 29.7 Å². The third-order valence-corrected chi connectivity index (χ3v) is 6.82. The highest BCUT2D eigenvalue weighted by Crippen LogP contribution is 2.26. The molecule has 2 aromatic rings. The Bertz CT molecular complexity index is 1290. The van der Waals surface area contributed by atoms with Crippen molar-refractivity contribution in [2.45, 2.75) is 63.6 Å². The van der Waals surface area contributed by atoms with Gasteiger partial charge in [0.1, 0.15) is 30.3 Å². The van der Waals surface area contributed by atoms with E-state index in [9.17, 15) is 32.3 Å². The number of ether oxygens (including phenoxy) is 3. The number of nitrogens with one attached hydrogen (secondary N) is 2. The summed E-state index contributed by atoms with van der Waals surface area (Å²) in [5.41, 5.74) is 1.53. The molecule has 4 rings (SSSR count). The fraction of sp³-hybridized carbons (Fsp3) is 0.464. The Morgan fingerprint density at radius 1 is 1.14 bits per heavy atom. The van der Waals surface area contributed by atoms with Crippen molar-refractivity contribution >= 4 is 23.9 Å². The first-order chi connectivity index (χ1) is 19.9. The number of halogens is 3. The number of likely N-dealkylation sites (tertiary alicyclic amines) is 1. The molecule has 3 heterocycles. The monoisotopic (exact) mass is 592 g/mol. The van der Waals surface area contributed by atoms with Crippen LogP contribution in [-0.2, 0) is 19.1 Å². The smallest absolute Gasteiger partial charge is 0.471 e. The first-order valence-electron chi connectivity index (χ1n) is 13.4. The third-order valence-electron chi connectivity index (χ3n) is 6.82. The molecule has 3 amide bonds. The van der Waals surface area contributed by atoms with Crippen molar-refractivity contribution in [3.63, 3.8) is 0 Å². The van der Waals surface area contributed by atoms with Gasteiger partial charge in [0.05, 0.1) is 18.7 Å². The van der Waals surface area contributed by atoms with Crippen LogP contribution < -0.4 is 15.4 Å². The summed E-state index contributed by atoms with van der Waals surface area (Å²) in [4.78, 5) is 53.7. The second kappa shape index (κ2) is 13.1. The minimum Gasteiger partial charge on any atom is -0.482 e. The maximum Gasteiger partial charge on any atom is 0.471 e. The van der Waals surface area contributed by atoms with E-state index in [1.54, 1.807) is 24.3 Å². The number of carbonyl (C=O) groups is 4. The standard InChI is InChI=1S/C28H31F3N4O7/c1-16-5-7-18(8-6-16)24(17(2)33-26(38)28(29,30)31)41-20-9-10-22(32-13-20)25(37)34-19-4-3-11-35(14-19)27(39)42-21-12-23(36)40-15-21/h5-10,13,17,19,21,24H,3-4,11-12,14-15H2,1-2H3,(H,33,38)(H,34,37)/t17?,19-,21-,24?/m0/s1. The SMILES string of the molecule is Cc1ccc(C(Oc2ccc(C(=O)N[C@H]3CCCN(C(=O)O[C@@H]4COC(=O)C4)C3)nc2)C(C)NC(=O)C(F)(F)F)cc1. The number of pyridine rings is 1. The summed E-state index contributed by atoms with van der Waals surface area (Å²) < 4.78 is 54.6. The quantitative estimate of drug-likeness (QED) is 0.446. The van der Waals surface area contributed by atoms with Crippen LogP contribution in [0.4, 0.5) is 18.0 Å². The molecule has 2 aliphatic rings. The minimum atomic E-state index is -5.05. The van der Waals surface area contributed by atoms with Gasteiger partial charge in [-0.25, -0.2) is 9.78 Å². The number of rotatable bonds is 8. The maximum atomic E-state index is 12.9. The molecule has 2 unspecified atom stereocenters. The van der Waals surface area contributed by atoms with Gasteiger partial charge in [0.25, 0.3) is 5.91 Å². The predicted octanol–water partition coefficient (Wildman–Crippen LogP) is 3.22. The lowest BCUT2D eigenvalue weighted by Crippen LogP contribution is -2.50. The molecular formula is C28H31F3N4O7. The fourth-order valence-electron chi connectivity index (χ4n) is 4.61. The van der Waals surface area contributed by atoms with Gasteiger partial charge >= 0.3 is 24.1 Å². The van der Waals surface area contributed by atoms with E-state index in [4.69, 9.17) is 14.2 Å². The van der Waals surface area contributed by atoms with E-state index < -0.39 is 48.3 Å². The van der Waals surface area contributed by atoms with Gasteiger partial charge in [-0.3, -0.25) is 14.4 Å². The molecule has 0 radical (unpaired) electrons. The number of aromatic nitrogens is 1. The van der Waals surface area contributed by atoms with Crippen LogP contribution in [0.5, 0.6) is 5.75 Å². The molecule has 11 nitrogen and oxygen atoms in total. The van der Waals surface area contributed by atoms with E-state index in [0.29, 0.717) is 24.9 Å². The summed E-state index contributed by atoms with van der Waals surface area (Å²) in [6, 6.07) is 8.36. The number of esters is 1. The number of cyclic esters (lactones) is 1. The van der Waals surface area contributed by atoms with Crippen LogP contribution in [0.25, 0.3) is 0 Å². The number of nitrogens with zero attached hydrogens (tertiary/aromatic N) is 2. The predicted molar refractivity (Wildman–Crippen MR) is 140 cm³/mol. The summed E-state index contributed by atoms with van der Waals surface area (Å²) in [6.45, 7) is 3.94. The topological polar surface area (TPSA) is 136 Å². The Morgan fingerprint density at radius 3 is 2.50 bits per heavy atom. The first-order valence-corrected chi connectivity index (χ1v) is 13.4. The molecule has 226 valence electrons. The van der Waals surface area contributed by atoms with Crippen LogP contribution in [0.2, 0.25) is 0 Å². The zero-order chi connectivity index (χ0) is 30.4. The molecule has 2 saturated heterocycles. The van der Waals surface area contributed by atoms with Crippen LogP contribution in [0.3, 0.4) is 0 Å². The largest absolute Gasteiger partial charge is 0.482 e. The highest BCUT2D eigenvalue weighted by atomic mass is 19.4. The number of benzene rings is 1. The Hall–Kier alpha value is -4.36. The molecule has 2 fully saturated rings. The molecule has 42 heavy (non-hydrogen) atoms. The lowest BCUT2D eigenvalue weighted by Gasteiger charge is -2.32. The molecule has 2 aliphatic heterocycles. The Balaban J connectivity index is 1.36. The molecule has 2 N–H and O–H groups in total. The third kappa shape index (κ3) is 8.10. The summed E-state index contributed by atoms with van der Waals surface area (Å²) in [6.07, 6.45) is -4.71. The van der Waals surface area contributed by atoms with Crippen molar-refractivity contribution < 1.29 is 46.6 Å². The van der Waals surface area contributed by atoms with Gasteiger partial charge in [-0.1, -0.05) is 29.8 Å². The molecule has 0 saturated carbocycles. The van der Waals surface area contributed by atoms with E-state index in [1.807, 2.05) is 12.2 Å². The molecule has 0 aliphatic carbocycles. The van der Waals surface area contributed by atoms with Crippen LogP contribution in [0.15, 0.2) is 42.6 Å². The summed E-state index contributed by atoms with van der Waals surface area (Å²) in [5, 5.41) is 4.77. The van der Waals surface area contributed by atoms with E-state index in [0.717, 1.165) is 5.56 Å². The normalized spacial score (nSPS) is 20.2. The Labute approximate surface area is 239 Å². The first kappa shape index (κ1) is 30.6. The maximum absolute atomic E-state index is 12.9. The molecule has 0 bridgehead atoms. The van der Waals surface area contributed by atoms with Gasteiger partial charge in [-0.05, 0) is 44.4 Å². The Kier molecular flexibility index (Phi) is 9.53.